The Balaban J connectivity index is 2.38. The van der Waals surface area contributed by atoms with Crippen molar-refractivity contribution in [2.75, 3.05) is 0 Å². The highest BCUT2D eigenvalue weighted by molar-refractivity contribution is 5.39. The van der Waals surface area contributed by atoms with Crippen molar-refractivity contribution in [3.05, 3.63) is 35.5 Å². The van der Waals surface area contributed by atoms with Gasteiger partial charge in [0.05, 0.1) is 0 Å². The van der Waals surface area contributed by atoms with Crippen LogP contribution in [0.5, 0.6) is 0 Å². The zero-order chi connectivity index (χ0) is 8.81. The van der Waals surface area contributed by atoms with Gasteiger partial charge in [0.2, 0.25) is 0 Å². The van der Waals surface area contributed by atoms with Crippen molar-refractivity contribution in [2.24, 2.45) is 0 Å². The zero-order valence-electron chi connectivity index (χ0n) is 8.14. The molecule has 0 aromatic carbocycles. The van der Waals surface area contributed by atoms with Crippen LogP contribution in [-0.2, 0) is 0 Å². The number of unbranched alkanes of at least 4 members (excludes halogenated alkanes) is 1. The Morgan fingerprint density at radius 3 is 2.75 bits per heavy atom. The molecule has 66 valence electrons. The van der Waals surface area contributed by atoms with Crippen molar-refractivity contribution in [2.45, 2.75) is 39.5 Å². The molecule has 0 unspecified atom stereocenters. The molecule has 0 N–H and O–H groups in total. The first kappa shape index (κ1) is 9.31. The van der Waals surface area contributed by atoms with Gasteiger partial charge in [0.1, 0.15) is 0 Å². The largest absolute Gasteiger partial charge is 0.0843 e. The molecule has 0 saturated carbocycles. The van der Waals surface area contributed by atoms with Crippen LogP contribution >= 0.6 is 0 Å². The maximum atomic E-state index is 2.31. The lowest BCUT2D eigenvalue weighted by atomic mass is 10.1. The fourth-order valence-corrected chi connectivity index (χ4v) is 1.08. The van der Waals surface area contributed by atoms with E-state index in [1.807, 2.05) is 0 Å². The summed E-state index contributed by atoms with van der Waals surface area (Å²) in [5.74, 6) is 0. The molecule has 1 rings (SSSR count). The van der Waals surface area contributed by atoms with E-state index in [0.717, 1.165) is 6.42 Å². The third-order valence-electron chi connectivity index (χ3n) is 2.01. The lowest BCUT2D eigenvalue weighted by Crippen LogP contribution is -1.74. The van der Waals surface area contributed by atoms with Crippen LogP contribution < -0.4 is 0 Å². The minimum Gasteiger partial charge on any atom is -0.0843 e. The summed E-state index contributed by atoms with van der Waals surface area (Å²) in [6, 6.07) is 0. The predicted octanol–water partition coefficient (Wildman–Crippen LogP) is 4.01. The molecule has 0 saturated heterocycles. The fourth-order valence-electron chi connectivity index (χ4n) is 1.08. The number of hydrogen-bond acceptors (Lipinski definition) is 0. The van der Waals surface area contributed by atoms with Crippen molar-refractivity contribution in [1.29, 1.82) is 0 Å². The predicted molar refractivity (Wildman–Crippen MR) is 55.1 cm³/mol. The van der Waals surface area contributed by atoms with Crippen LogP contribution in [0, 0.1) is 0 Å². The molecule has 0 atom stereocenters. The van der Waals surface area contributed by atoms with Gasteiger partial charge in [-0.15, -0.1) is 0 Å². The average molecular weight is 162 g/mol. The van der Waals surface area contributed by atoms with Crippen LogP contribution in [0.4, 0.5) is 0 Å². The Morgan fingerprint density at radius 1 is 1.50 bits per heavy atom. The summed E-state index contributed by atoms with van der Waals surface area (Å²) >= 11 is 0. The van der Waals surface area contributed by atoms with Crippen molar-refractivity contribution in [1.82, 2.24) is 0 Å². The van der Waals surface area contributed by atoms with E-state index in [1.165, 1.54) is 30.4 Å². The summed E-state index contributed by atoms with van der Waals surface area (Å²) in [6.07, 6.45) is 13.9. The van der Waals surface area contributed by atoms with Gasteiger partial charge in [-0.05, 0) is 30.4 Å². The molecular weight excluding hydrogens is 144 g/mol. The normalized spacial score (nSPS) is 16.8. The van der Waals surface area contributed by atoms with Crippen LogP contribution in [0.1, 0.15) is 39.5 Å². The third-order valence-corrected chi connectivity index (χ3v) is 2.01. The molecule has 0 fully saturated rings. The minimum atomic E-state index is 1.15. The lowest BCUT2D eigenvalue weighted by molar-refractivity contribution is 0.955. The van der Waals surface area contributed by atoms with Crippen LogP contribution in [-0.4, -0.2) is 0 Å². The van der Waals surface area contributed by atoms with Crippen molar-refractivity contribution in [3.63, 3.8) is 0 Å². The molecule has 0 spiro atoms. The van der Waals surface area contributed by atoms with Gasteiger partial charge in [0, 0.05) is 0 Å². The summed E-state index contributed by atoms with van der Waals surface area (Å²) < 4.78 is 0. The molecule has 0 nitrogen and oxygen atoms in total. The fraction of sp³-hybridized carbons (Fsp3) is 0.500. The number of rotatable bonds is 5. The van der Waals surface area contributed by atoms with E-state index < -0.39 is 0 Å². The van der Waals surface area contributed by atoms with E-state index in [-0.39, 0.29) is 0 Å². The van der Waals surface area contributed by atoms with Gasteiger partial charge in [-0.3, -0.25) is 0 Å². The van der Waals surface area contributed by atoms with Gasteiger partial charge >= 0.3 is 0 Å². The highest BCUT2D eigenvalue weighted by atomic mass is 14.1. The second kappa shape index (κ2) is 4.97. The summed E-state index contributed by atoms with van der Waals surface area (Å²) in [4.78, 5) is 0. The Hall–Kier alpha value is -0.780. The van der Waals surface area contributed by atoms with E-state index in [4.69, 9.17) is 0 Å². The topological polar surface area (TPSA) is 0 Å². The maximum absolute atomic E-state index is 2.31. The van der Waals surface area contributed by atoms with Crippen LogP contribution in [0.2, 0.25) is 0 Å². The first-order valence-corrected chi connectivity index (χ1v) is 4.93. The first-order chi connectivity index (χ1) is 5.86. The highest BCUT2D eigenvalue weighted by Crippen LogP contribution is 2.22. The molecule has 0 heterocycles. The molecule has 0 heteroatoms. The summed E-state index contributed by atoms with van der Waals surface area (Å²) in [5.41, 5.74) is 2.97. The first-order valence-electron chi connectivity index (χ1n) is 4.93. The van der Waals surface area contributed by atoms with Gasteiger partial charge < -0.3 is 0 Å². The average Bonchev–Trinajstić information content (AvgIpc) is 2.87. The van der Waals surface area contributed by atoms with Gasteiger partial charge in [0.15, 0.2) is 0 Å². The van der Waals surface area contributed by atoms with Gasteiger partial charge in [-0.2, -0.15) is 0 Å². The van der Waals surface area contributed by atoms with E-state index in [0.29, 0.717) is 0 Å². The number of hydrogen-bond donors (Lipinski definition) is 0. The Bertz CT molecular complexity index is 216. The molecule has 0 aromatic rings. The Kier molecular flexibility index (Phi) is 3.86. The third kappa shape index (κ3) is 3.56. The second-order valence-corrected chi connectivity index (χ2v) is 3.25. The van der Waals surface area contributed by atoms with E-state index in [9.17, 15) is 0 Å². The zero-order valence-corrected chi connectivity index (χ0v) is 8.14. The monoisotopic (exact) mass is 162 g/mol. The summed E-state index contributed by atoms with van der Waals surface area (Å²) in [7, 11) is 0. The number of allylic oxidation sites excluding steroid dienone is 6. The lowest BCUT2D eigenvalue weighted by Gasteiger charge is -1.94. The molecule has 1 aliphatic carbocycles. The molecule has 1 aliphatic rings. The van der Waals surface area contributed by atoms with Crippen molar-refractivity contribution < 1.29 is 0 Å². The van der Waals surface area contributed by atoms with Gasteiger partial charge in [-0.1, -0.05) is 44.6 Å². The van der Waals surface area contributed by atoms with Gasteiger partial charge in [-0.25, -0.2) is 0 Å². The standard InChI is InChI=1S/C12H18/c1-3-5-6-7-11(4-2)10-12-8-9-12/h6-8,10H,3-5,9H2,1-2H3. The Morgan fingerprint density at radius 2 is 2.25 bits per heavy atom. The quantitative estimate of drug-likeness (QED) is 0.536. The van der Waals surface area contributed by atoms with Crippen molar-refractivity contribution in [3.8, 4) is 0 Å². The smallest absolute Gasteiger partial charge is 0.00945 e. The Labute approximate surface area is 75.7 Å². The van der Waals surface area contributed by atoms with E-state index >= 15 is 0 Å². The van der Waals surface area contributed by atoms with Crippen LogP contribution in [0.15, 0.2) is 35.5 Å². The van der Waals surface area contributed by atoms with E-state index in [1.54, 1.807) is 0 Å². The highest BCUT2D eigenvalue weighted by Gasteiger charge is 2.02. The molecular formula is C12H18. The van der Waals surface area contributed by atoms with Crippen molar-refractivity contribution >= 4 is 0 Å². The van der Waals surface area contributed by atoms with Gasteiger partial charge in [0.25, 0.3) is 0 Å². The van der Waals surface area contributed by atoms with E-state index in [2.05, 4.69) is 38.2 Å². The SMILES string of the molecule is CCCC=CC(=CC1=CC1)CC. The summed E-state index contributed by atoms with van der Waals surface area (Å²) in [6.45, 7) is 4.42. The molecule has 0 aliphatic heterocycles. The molecule has 0 radical (unpaired) electrons. The summed E-state index contributed by atoms with van der Waals surface area (Å²) in [5, 5.41) is 0. The molecule has 0 aromatic heterocycles. The van der Waals surface area contributed by atoms with Crippen LogP contribution in [0.3, 0.4) is 0 Å². The molecule has 12 heavy (non-hydrogen) atoms. The minimum absolute atomic E-state index is 1.15. The molecule has 0 amide bonds. The maximum Gasteiger partial charge on any atom is -0.00945 e. The second-order valence-electron chi connectivity index (χ2n) is 3.25. The van der Waals surface area contributed by atoms with Crippen LogP contribution in [0.25, 0.3) is 0 Å². The molecule has 0 bridgehead atoms.